The van der Waals surface area contributed by atoms with Crippen molar-refractivity contribution in [1.82, 2.24) is 9.97 Å². The summed E-state index contributed by atoms with van der Waals surface area (Å²) in [5.74, 6) is -0.0276. The van der Waals surface area contributed by atoms with Crippen molar-refractivity contribution in [2.24, 2.45) is 0 Å². The van der Waals surface area contributed by atoms with Crippen LogP contribution in [0.25, 0.3) is 0 Å². The number of imidazole rings is 1. The maximum absolute atomic E-state index is 12.6. The van der Waals surface area contributed by atoms with Gasteiger partial charge in [0, 0.05) is 17.0 Å². The number of nitrogens with zero attached hydrogens (tertiary/aromatic N) is 1. The van der Waals surface area contributed by atoms with Crippen LogP contribution in [0.5, 0.6) is 0 Å². The van der Waals surface area contributed by atoms with Gasteiger partial charge in [-0.2, -0.15) is 0 Å². The van der Waals surface area contributed by atoms with E-state index in [1.807, 2.05) is 62.6 Å². The molecule has 0 radical (unpaired) electrons. The first kappa shape index (κ1) is 19.6. The predicted molar refractivity (Wildman–Crippen MR) is 115 cm³/mol. The van der Waals surface area contributed by atoms with Crippen LogP contribution in [-0.4, -0.2) is 27.4 Å². The Hall–Kier alpha value is -2.18. The Morgan fingerprint density at radius 1 is 1.15 bits per heavy atom. The Kier molecular flexibility index (Phi) is 6.63. The van der Waals surface area contributed by atoms with Gasteiger partial charge in [-0.15, -0.1) is 11.8 Å². The van der Waals surface area contributed by atoms with E-state index in [2.05, 4.69) is 22.4 Å². The molecule has 0 unspecified atom stereocenters. The number of carbonyl (C=O) groups excluding carboxylic acids is 1. The number of para-hydroxylation sites is 1. The van der Waals surface area contributed by atoms with Crippen LogP contribution in [0.2, 0.25) is 0 Å². The van der Waals surface area contributed by atoms with Gasteiger partial charge < -0.3 is 10.3 Å². The Labute approximate surface area is 168 Å². The number of nitrogens with one attached hydrogen (secondary N) is 2. The van der Waals surface area contributed by atoms with E-state index < -0.39 is 0 Å². The summed E-state index contributed by atoms with van der Waals surface area (Å²) in [4.78, 5) is 21.6. The Morgan fingerprint density at radius 2 is 1.85 bits per heavy atom. The molecule has 0 saturated heterocycles. The molecule has 0 spiro atoms. The van der Waals surface area contributed by atoms with Crippen molar-refractivity contribution in [3.8, 4) is 0 Å². The topological polar surface area (TPSA) is 57.8 Å². The molecule has 0 saturated carbocycles. The summed E-state index contributed by atoms with van der Waals surface area (Å²) in [6, 6.07) is 18.1. The number of anilines is 1. The fourth-order valence-corrected chi connectivity index (χ4v) is 4.12. The zero-order chi connectivity index (χ0) is 19.2. The van der Waals surface area contributed by atoms with E-state index in [1.165, 1.54) is 17.3 Å². The Morgan fingerprint density at radius 3 is 2.59 bits per heavy atom. The summed E-state index contributed by atoms with van der Waals surface area (Å²) >= 11 is 3.06. The number of H-pyrrole nitrogens is 1. The monoisotopic (exact) mass is 397 g/mol. The highest BCUT2D eigenvalue weighted by atomic mass is 32.2. The minimum absolute atomic E-state index is 0.0276. The first-order valence-corrected chi connectivity index (χ1v) is 10.9. The second kappa shape index (κ2) is 9.15. The van der Waals surface area contributed by atoms with Crippen molar-refractivity contribution < 1.29 is 4.79 Å². The minimum atomic E-state index is -0.255. The standard InChI is InChI=1S/C21H23N3OS2/c1-14-18(13-16-9-5-4-6-10-16)24-21(22-14)27-15(2)20(25)23-17-11-7-8-12-19(17)26-3/h4-12,15H,13H2,1-3H3,(H,22,24)(H,23,25)/t15-/m1/s1. The Bertz CT molecular complexity index is 909. The summed E-state index contributed by atoms with van der Waals surface area (Å²) in [7, 11) is 0. The van der Waals surface area contributed by atoms with Crippen molar-refractivity contribution in [2.45, 2.75) is 35.6 Å². The lowest BCUT2D eigenvalue weighted by molar-refractivity contribution is -0.115. The van der Waals surface area contributed by atoms with Crippen LogP contribution in [0.15, 0.2) is 64.6 Å². The van der Waals surface area contributed by atoms with Crippen molar-refractivity contribution in [2.75, 3.05) is 11.6 Å². The number of amides is 1. The van der Waals surface area contributed by atoms with E-state index in [0.717, 1.165) is 33.5 Å². The molecule has 6 heteroatoms. The fourth-order valence-electron chi connectivity index (χ4n) is 2.69. The van der Waals surface area contributed by atoms with Gasteiger partial charge in [-0.05, 0) is 37.8 Å². The van der Waals surface area contributed by atoms with Gasteiger partial charge in [0.1, 0.15) is 0 Å². The van der Waals surface area contributed by atoms with Gasteiger partial charge in [0.25, 0.3) is 0 Å². The molecular formula is C21H23N3OS2. The maximum atomic E-state index is 12.6. The number of benzene rings is 2. The van der Waals surface area contributed by atoms with Crippen LogP contribution >= 0.6 is 23.5 Å². The number of hydrogen-bond donors (Lipinski definition) is 2. The van der Waals surface area contributed by atoms with E-state index in [1.54, 1.807) is 11.8 Å². The molecule has 0 fully saturated rings. The average Bonchev–Trinajstić information content (AvgIpc) is 3.01. The molecule has 0 aliphatic carbocycles. The third-order valence-corrected chi connectivity index (χ3v) is 5.98. The van der Waals surface area contributed by atoms with Crippen molar-refractivity contribution in [1.29, 1.82) is 0 Å². The molecular weight excluding hydrogens is 374 g/mol. The van der Waals surface area contributed by atoms with Gasteiger partial charge in [-0.1, -0.05) is 54.2 Å². The zero-order valence-corrected chi connectivity index (χ0v) is 17.3. The largest absolute Gasteiger partial charge is 0.337 e. The van der Waals surface area contributed by atoms with Crippen molar-refractivity contribution >= 4 is 35.1 Å². The van der Waals surface area contributed by atoms with E-state index >= 15 is 0 Å². The second-order valence-electron chi connectivity index (χ2n) is 6.23. The third kappa shape index (κ3) is 5.17. The summed E-state index contributed by atoms with van der Waals surface area (Å²) in [6.07, 6.45) is 2.79. The van der Waals surface area contributed by atoms with E-state index in [-0.39, 0.29) is 11.2 Å². The molecule has 1 amide bonds. The Balaban J connectivity index is 1.64. The highest BCUT2D eigenvalue weighted by molar-refractivity contribution is 8.00. The molecule has 2 N–H and O–H groups in total. The van der Waals surface area contributed by atoms with Gasteiger partial charge in [0.2, 0.25) is 5.91 Å². The van der Waals surface area contributed by atoms with Crippen LogP contribution in [0.4, 0.5) is 5.69 Å². The van der Waals surface area contributed by atoms with Crippen molar-refractivity contribution in [3.05, 3.63) is 71.5 Å². The SMILES string of the molecule is CSc1ccccc1NC(=O)[C@@H](C)Sc1nc(Cc2ccccc2)c(C)[nH]1. The van der Waals surface area contributed by atoms with E-state index in [4.69, 9.17) is 4.98 Å². The van der Waals surface area contributed by atoms with Crippen LogP contribution < -0.4 is 5.32 Å². The molecule has 140 valence electrons. The van der Waals surface area contributed by atoms with Crippen LogP contribution in [-0.2, 0) is 11.2 Å². The average molecular weight is 398 g/mol. The molecule has 0 aliphatic rings. The zero-order valence-electron chi connectivity index (χ0n) is 15.7. The van der Waals surface area contributed by atoms with Crippen LogP contribution in [0, 0.1) is 6.92 Å². The van der Waals surface area contributed by atoms with Gasteiger partial charge >= 0.3 is 0 Å². The van der Waals surface area contributed by atoms with Crippen LogP contribution in [0.3, 0.4) is 0 Å². The highest BCUT2D eigenvalue weighted by Crippen LogP contribution is 2.27. The predicted octanol–water partition coefficient (Wildman–Crippen LogP) is 5.15. The van der Waals surface area contributed by atoms with Gasteiger partial charge in [-0.25, -0.2) is 4.98 Å². The third-order valence-electron chi connectivity index (χ3n) is 4.20. The van der Waals surface area contributed by atoms with Crippen LogP contribution in [0.1, 0.15) is 23.9 Å². The minimum Gasteiger partial charge on any atom is -0.337 e. The lowest BCUT2D eigenvalue weighted by Crippen LogP contribution is -2.22. The number of hydrogen-bond acceptors (Lipinski definition) is 4. The molecule has 0 bridgehead atoms. The lowest BCUT2D eigenvalue weighted by atomic mass is 10.1. The molecule has 1 heterocycles. The van der Waals surface area contributed by atoms with E-state index in [9.17, 15) is 4.79 Å². The second-order valence-corrected chi connectivity index (χ2v) is 8.40. The number of carbonyl (C=O) groups is 1. The molecule has 2 aromatic carbocycles. The summed E-state index contributed by atoms with van der Waals surface area (Å²) < 4.78 is 0. The molecule has 3 aromatic rings. The number of rotatable bonds is 7. The summed E-state index contributed by atoms with van der Waals surface area (Å²) in [5.41, 5.74) is 4.14. The highest BCUT2D eigenvalue weighted by Gasteiger charge is 2.18. The number of aromatic nitrogens is 2. The van der Waals surface area contributed by atoms with E-state index in [0.29, 0.717) is 0 Å². The number of thioether (sulfide) groups is 2. The quantitative estimate of drug-likeness (QED) is 0.541. The summed E-state index contributed by atoms with van der Waals surface area (Å²) in [6.45, 7) is 3.92. The summed E-state index contributed by atoms with van der Waals surface area (Å²) in [5, 5.41) is 3.54. The number of aromatic amines is 1. The molecule has 0 aliphatic heterocycles. The molecule has 3 rings (SSSR count). The fraction of sp³-hybridized carbons (Fsp3) is 0.238. The van der Waals surface area contributed by atoms with Gasteiger partial charge in [0.15, 0.2) is 5.16 Å². The first-order valence-electron chi connectivity index (χ1n) is 8.76. The van der Waals surface area contributed by atoms with Gasteiger partial charge in [-0.3, -0.25) is 4.79 Å². The number of aryl methyl sites for hydroxylation is 1. The molecule has 27 heavy (non-hydrogen) atoms. The maximum Gasteiger partial charge on any atom is 0.237 e. The first-order chi connectivity index (χ1) is 13.1. The molecule has 1 atom stereocenters. The molecule has 4 nitrogen and oxygen atoms in total. The smallest absolute Gasteiger partial charge is 0.237 e. The lowest BCUT2D eigenvalue weighted by Gasteiger charge is -2.12. The molecule has 1 aromatic heterocycles. The normalized spacial score (nSPS) is 12.0. The van der Waals surface area contributed by atoms with Crippen molar-refractivity contribution in [3.63, 3.8) is 0 Å². The van der Waals surface area contributed by atoms with Gasteiger partial charge in [0.05, 0.1) is 16.6 Å².